The van der Waals surface area contributed by atoms with Crippen molar-refractivity contribution in [1.82, 2.24) is 14.9 Å². The van der Waals surface area contributed by atoms with Gasteiger partial charge in [-0.25, -0.2) is 4.98 Å². The molecule has 1 aromatic heterocycles. The highest BCUT2D eigenvalue weighted by atomic mass is 35.5. The fourth-order valence-corrected chi connectivity index (χ4v) is 5.52. The van der Waals surface area contributed by atoms with Crippen LogP contribution in [0.5, 0.6) is 5.75 Å². The molecule has 0 aliphatic heterocycles. The first-order valence-corrected chi connectivity index (χ1v) is 13.7. The van der Waals surface area contributed by atoms with E-state index in [0.717, 1.165) is 29.6 Å². The summed E-state index contributed by atoms with van der Waals surface area (Å²) >= 11 is 6.39. The second-order valence-electron chi connectivity index (χ2n) is 8.78. The summed E-state index contributed by atoms with van der Waals surface area (Å²) in [6.45, 7) is 3.48. The Morgan fingerprint density at radius 3 is 2.61 bits per heavy atom. The van der Waals surface area contributed by atoms with E-state index in [9.17, 15) is 4.57 Å². The average molecular weight is 486 g/mol. The lowest BCUT2D eigenvalue weighted by molar-refractivity contribution is 0.299. The van der Waals surface area contributed by atoms with Crippen molar-refractivity contribution in [3.05, 3.63) is 58.7 Å². The number of para-hydroxylation sites is 1. The van der Waals surface area contributed by atoms with Gasteiger partial charge in [-0.05, 0) is 75.7 Å². The molecule has 174 valence electrons. The van der Waals surface area contributed by atoms with Crippen LogP contribution in [0.3, 0.4) is 0 Å². The number of rotatable bonds is 7. The maximum absolute atomic E-state index is 12.7. The van der Waals surface area contributed by atoms with E-state index in [1.807, 2.05) is 24.3 Å². The van der Waals surface area contributed by atoms with Crippen molar-refractivity contribution in [3.8, 4) is 5.75 Å². The third-order valence-corrected chi connectivity index (χ3v) is 7.69. The standard InChI is InChI=1S/C24H29ClN5O2P/c1-30(2)20-11-10-15-12-21(32-3)19(13-16(15)20)28-24-26-14-17(25)23(29-24)27-18-8-6-7-9-22(18)33(4,5)31/h6-9,12-14,20H,10-11H2,1-5H3,(H2,26,27,28,29)/t20-/m0/s1. The molecule has 1 aliphatic rings. The van der Waals surface area contributed by atoms with Crippen molar-refractivity contribution in [2.24, 2.45) is 0 Å². The Morgan fingerprint density at radius 2 is 1.91 bits per heavy atom. The zero-order valence-electron chi connectivity index (χ0n) is 19.5. The molecule has 0 unspecified atom stereocenters. The molecule has 9 heteroatoms. The van der Waals surface area contributed by atoms with Gasteiger partial charge in [0, 0.05) is 11.3 Å². The summed E-state index contributed by atoms with van der Waals surface area (Å²) in [5.74, 6) is 1.55. The molecule has 1 atom stereocenters. The minimum atomic E-state index is -2.49. The van der Waals surface area contributed by atoms with Crippen LogP contribution in [0.15, 0.2) is 42.6 Å². The van der Waals surface area contributed by atoms with Crippen LogP contribution in [0.1, 0.15) is 23.6 Å². The van der Waals surface area contributed by atoms with Crippen LogP contribution < -0.4 is 20.7 Å². The first-order valence-electron chi connectivity index (χ1n) is 10.8. The maximum atomic E-state index is 12.7. The van der Waals surface area contributed by atoms with Crippen LogP contribution in [0.2, 0.25) is 5.02 Å². The van der Waals surface area contributed by atoms with E-state index < -0.39 is 7.14 Å². The highest BCUT2D eigenvalue weighted by Crippen LogP contribution is 2.41. The third kappa shape index (κ3) is 5.01. The van der Waals surface area contributed by atoms with E-state index in [4.69, 9.17) is 16.3 Å². The number of halogens is 1. The average Bonchev–Trinajstić information content (AvgIpc) is 3.18. The number of ether oxygens (including phenoxy) is 1. The van der Waals surface area contributed by atoms with E-state index in [0.29, 0.717) is 28.5 Å². The first-order chi connectivity index (χ1) is 15.7. The molecule has 3 aromatic rings. The van der Waals surface area contributed by atoms with Crippen molar-refractivity contribution < 1.29 is 9.30 Å². The van der Waals surface area contributed by atoms with Gasteiger partial charge >= 0.3 is 0 Å². The van der Waals surface area contributed by atoms with Crippen molar-refractivity contribution in [1.29, 1.82) is 0 Å². The Labute approximate surface area is 199 Å². The van der Waals surface area contributed by atoms with E-state index in [2.05, 4.69) is 51.7 Å². The van der Waals surface area contributed by atoms with Crippen LogP contribution in [0, 0.1) is 0 Å². The van der Waals surface area contributed by atoms with Crippen LogP contribution in [-0.4, -0.2) is 49.4 Å². The molecule has 33 heavy (non-hydrogen) atoms. The zero-order valence-corrected chi connectivity index (χ0v) is 21.2. The quantitative estimate of drug-likeness (QED) is 0.432. The van der Waals surface area contributed by atoms with Crippen molar-refractivity contribution >= 4 is 47.2 Å². The summed E-state index contributed by atoms with van der Waals surface area (Å²) in [7, 11) is 3.36. The molecular weight excluding hydrogens is 457 g/mol. The molecular formula is C24H29ClN5O2P. The molecule has 0 saturated heterocycles. The Kier molecular flexibility index (Phi) is 6.66. The van der Waals surface area contributed by atoms with Gasteiger partial charge in [0.1, 0.15) is 17.9 Å². The minimum Gasteiger partial charge on any atom is -0.495 e. The molecule has 2 N–H and O–H groups in total. The van der Waals surface area contributed by atoms with Gasteiger partial charge in [0.25, 0.3) is 0 Å². The van der Waals surface area contributed by atoms with Gasteiger partial charge in [0.2, 0.25) is 5.95 Å². The fourth-order valence-electron chi connectivity index (χ4n) is 4.23. The SMILES string of the molecule is COc1cc2c(cc1Nc1ncc(Cl)c(Nc3ccccc3P(C)(C)=O)n1)[C@@H](N(C)C)CC2. The third-order valence-electron chi connectivity index (χ3n) is 5.86. The lowest BCUT2D eigenvalue weighted by Crippen LogP contribution is -2.17. The van der Waals surface area contributed by atoms with Gasteiger partial charge in [-0.2, -0.15) is 4.98 Å². The lowest BCUT2D eigenvalue weighted by Gasteiger charge is -2.21. The lowest BCUT2D eigenvalue weighted by atomic mass is 10.1. The first kappa shape index (κ1) is 23.6. The highest BCUT2D eigenvalue weighted by molar-refractivity contribution is 7.70. The van der Waals surface area contributed by atoms with Crippen LogP contribution in [0.4, 0.5) is 23.1 Å². The molecule has 0 radical (unpaired) electrons. The van der Waals surface area contributed by atoms with E-state index in [-0.39, 0.29) is 0 Å². The number of anilines is 4. The summed E-state index contributed by atoms with van der Waals surface area (Å²) in [6, 6.07) is 12.1. The largest absolute Gasteiger partial charge is 0.495 e. The van der Waals surface area contributed by atoms with Crippen molar-refractivity contribution in [2.45, 2.75) is 18.9 Å². The Hall–Kier alpha value is -2.60. The number of methoxy groups -OCH3 is 1. The van der Waals surface area contributed by atoms with Crippen LogP contribution in [-0.2, 0) is 11.0 Å². The summed E-state index contributed by atoms with van der Waals surface area (Å²) in [6.07, 6.45) is 3.65. The van der Waals surface area contributed by atoms with Gasteiger partial charge in [-0.3, -0.25) is 0 Å². The number of benzene rings is 2. The second-order valence-corrected chi connectivity index (χ2v) is 12.4. The van der Waals surface area contributed by atoms with Gasteiger partial charge in [-0.1, -0.05) is 23.7 Å². The molecule has 0 fully saturated rings. The van der Waals surface area contributed by atoms with E-state index >= 15 is 0 Å². The fraction of sp³-hybridized carbons (Fsp3) is 0.333. The van der Waals surface area contributed by atoms with Crippen molar-refractivity contribution in [2.75, 3.05) is 45.2 Å². The van der Waals surface area contributed by atoms with Gasteiger partial charge in [-0.15, -0.1) is 0 Å². The molecule has 7 nitrogen and oxygen atoms in total. The number of hydrogen-bond donors (Lipinski definition) is 2. The van der Waals surface area contributed by atoms with Gasteiger partial charge in [0.15, 0.2) is 5.82 Å². The molecule has 1 heterocycles. The number of aryl methyl sites for hydroxylation is 1. The van der Waals surface area contributed by atoms with Crippen LogP contribution >= 0.6 is 18.7 Å². The van der Waals surface area contributed by atoms with Gasteiger partial charge < -0.3 is 24.8 Å². The monoisotopic (exact) mass is 485 g/mol. The molecule has 0 saturated carbocycles. The Morgan fingerprint density at radius 1 is 1.15 bits per heavy atom. The molecule has 0 amide bonds. The molecule has 0 spiro atoms. The van der Waals surface area contributed by atoms with Crippen molar-refractivity contribution in [3.63, 3.8) is 0 Å². The molecule has 2 aromatic carbocycles. The summed E-state index contributed by atoms with van der Waals surface area (Å²) in [4.78, 5) is 11.2. The van der Waals surface area contributed by atoms with E-state index in [1.54, 1.807) is 26.6 Å². The van der Waals surface area contributed by atoms with Gasteiger partial charge in [0.05, 0.1) is 24.7 Å². The Bertz CT molecular complexity index is 1230. The predicted octanol–water partition coefficient (Wildman–Crippen LogP) is 5.42. The van der Waals surface area contributed by atoms with E-state index in [1.165, 1.54) is 11.1 Å². The number of hydrogen-bond acceptors (Lipinski definition) is 7. The number of nitrogens with zero attached hydrogens (tertiary/aromatic N) is 3. The molecule has 4 rings (SSSR count). The number of aromatic nitrogens is 2. The minimum absolute atomic E-state index is 0.366. The van der Waals surface area contributed by atoms with Crippen LogP contribution in [0.25, 0.3) is 0 Å². The molecule has 1 aliphatic carbocycles. The number of fused-ring (bicyclic) bond motifs is 1. The summed E-state index contributed by atoms with van der Waals surface area (Å²) < 4.78 is 18.4. The topological polar surface area (TPSA) is 79.4 Å². The maximum Gasteiger partial charge on any atom is 0.229 e. The smallest absolute Gasteiger partial charge is 0.229 e. The summed E-state index contributed by atoms with van der Waals surface area (Å²) in [5.41, 5.74) is 4.09. The molecule has 0 bridgehead atoms. The number of nitrogens with one attached hydrogen (secondary N) is 2. The predicted molar refractivity (Wildman–Crippen MR) is 137 cm³/mol. The zero-order chi connectivity index (χ0) is 23.8. The highest BCUT2D eigenvalue weighted by Gasteiger charge is 2.26. The normalized spacial score (nSPS) is 15.4. The second kappa shape index (κ2) is 9.34. The Balaban J connectivity index is 1.66. The summed E-state index contributed by atoms with van der Waals surface area (Å²) in [5, 5.41) is 7.63.